The van der Waals surface area contributed by atoms with Crippen molar-refractivity contribution < 1.29 is 9.90 Å². The van der Waals surface area contributed by atoms with E-state index < -0.39 is 5.97 Å². The third-order valence-corrected chi connectivity index (χ3v) is 1.77. The van der Waals surface area contributed by atoms with Crippen molar-refractivity contribution >= 4 is 5.97 Å². The number of carboxylic acids is 1. The molecule has 0 aromatic carbocycles. The molecule has 1 rings (SSSR count). The van der Waals surface area contributed by atoms with Gasteiger partial charge in [0.15, 0.2) is 0 Å². The van der Waals surface area contributed by atoms with Gasteiger partial charge in [-0.2, -0.15) is 0 Å². The van der Waals surface area contributed by atoms with Gasteiger partial charge in [0.1, 0.15) is 0 Å². The van der Waals surface area contributed by atoms with Crippen LogP contribution in [-0.4, -0.2) is 20.6 Å². The van der Waals surface area contributed by atoms with Crippen molar-refractivity contribution in [3.05, 3.63) is 29.9 Å². The zero-order valence-electron chi connectivity index (χ0n) is 7.69. The Hall–Kier alpha value is -1.58. The minimum Gasteiger partial charge on any atom is -0.475 e. The quantitative estimate of drug-likeness (QED) is 0.716. The van der Waals surface area contributed by atoms with Crippen LogP contribution in [0.1, 0.15) is 23.2 Å². The molecule has 0 aliphatic heterocycles. The summed E-state index contributed by atoms with van der Waals surface area (Å²) in [5.74, 6) is -0.895. The molecule has 0 fully saturated rings. The smallest absolute Gasteiger partial charge is 0.372 e. The fraction of sp³-hybridized carbons (Fsp3) is 0.333. The Morgan fingerprint density at radius 2 is 2.46 bits per heavy atom. The third-order valence-electron chi connectivity index (χ3n) is 1.77. The number of aromatic carboxylic acids is 1. The van der Waals surface area contributed by atoms with Crippen molar-refractivity contribution in [2.24, 2.45) is 0 Å². The molecule has 0 saturated carbocycles. The van der Waals surface area contributed by atoms with Crippen molar-refractivity contribution in [1.82, 2.24) is 9.55 Å². The van der Waals surface area contributed by atoms with Crippen molar-refractivity contribution in [3.8, 4) is 0 Å². The first-order valence-electron chi connectivity index (χ1n) is 4.03. The molecular weight excluding hydrogens is 168 g/mol. The highest BCUT2D eigenvalue weighted by atomic mass is 16.4. The highest BCUT2D eigenvalue weighted by molar-refractivity contribution is 5.83. The maximum atomic E-state index is 10.7. The van der Waals surface area contributed by atoms with E-state index in [1.807, 2.05) is 26.0 Å². The second-order valence-corrected chi connectivity index (χ2v) is 2.71. The molecule has 4 nitrogen and oxygen atoms in total. The molecule has 1 heterocycles. The summed E-state index contributed by atoms with van der Waals surface area (Å²) in [6.45, 7) is 4.29. The van der Waals surface area contributed by atoms with Gasteiger partial charge in [0.2, 0.25) is 5.82 Å². The lowest BCUT2D eigenvalue weighted by Crippen LogP contribution is -2.10. The second kappa shape index (κ2) is 3.89. The van der Waals surface area contributed by atoms with E-state index in [0.717, 1.165) is 5.69 Å². The Bertz CT molecular complexity index is 339. The van der Waals surface area contributed by atoms with Crippen LogP contribution >= 0.6 is 0 Å². The zero-order valence-corrected chi connectivity index (χ0v) is 7.69. The van der Waals surface area contributed by atoms with Crippen LogP contribution in [0.15, 0.2) is 18.3 Å². The average Bonchev–Trinajstić information content (AvgIpc) is 2.43. The number of aryl methyl sites for hydroxylation is 1. The molecule has 0 atom stereocenters. The summed E-state index contributed by atoms with van der Waals surface area (Å²) in [5, 5.41) is 8.77. The first-order valence-corrected chi connectivity index (χ1v) is 4.03. The Labute approximate surface area is 76.5 Å². The number of carbonyl (C=O) groups is 1. The molecule has 0 spiro atoms. The van der Waals surface area contributed by atoms with E-state index in [1.54, 1.807) is 10.8 Å². The van der Waals surface area contributed by atoms with Gasteiger partial charge in [-0.1, -0.05) is 12.2 Å². The third kappa shape index (κ3) is 1.96. The normalized spacial score (nSPS) is 10.9. The van der Waals surface area contributed by atoms with E-state index in [-0.39, 0.29) is 5.82 Å². The van der Waals surface area contributed by atoms with Crippen molar-refractivity contribution in [2.75, 3.05) is 0 Å². The summed E-state index contributed by atoms with van der Waals surface area (Å²) in [6.07, 6.45) is 5.33. The van der Waals surface area contributed by atoms with E-state index in [4.69, 9.17) is 5.11 Å². The van der Waals surface area contributed by atoms with E-state index in [2.05, 4.69) is 4.98 Å². The summed E-state index contributed by atoms with van der Waals surface area (Å²) >= 11 is 0. The van der Waals surface area contributed by atoms with Crippen LogP contribution in [0.25, 0.3) is 0 Å². The van der Waals surface area contributed by atoms with Gasteiger partial charge >= 0.3 is 5.97 Å². The Balaban J connectivity index is 3.01. The highest BCUT2D eigenvalue weighted by Crippen LogP contribution is 2.04. The van der Waals surface area contributed by atoms with Gasteiger partial charge in [-0.15, -0.1) is 0 Å². The molecule has 1 aromatic rings. The van der Waals surface area contributed by atoms with Crippen molar-refractivity contribution in [1.29, 1.82) is 0 Å². The maximum absolute atomic E-state index is 10.7. The fourth-order valence-corrected chi connectivity index (χ4v) is 1.07. The molecule has 0 unspecified atom stereocenters. The van der Waals surface area contributed by atoms with Gasteiger partial charge in [-0.05, 0) is 13.8 Å². The topological polar surface area (TPSA) is 55.1 Å². The summed E-state index contributed by atoms with van der Waals surface area (Å²) in [7, 11) is 0. The van der Waals surface area contributed by atoms with E-state index in [0.29, 0.717) is 6.54 Å². The molecule has 0 amide bonds. The summed E-state index contributed by atoms with van der Waals surface area (Å²) in [5.41, 5.74) is 0.857. The number of rotatable bonds is 3. The molecule has 4 heteroatoms. The van der Waals surface area contributed by atoms with Crippen LogP contribution < -0.4 is 0 Å². The Kier molecular flexibility index (Phi) is 2.84. The molecule has 70 valence electrons. The standard InChI is InChI=1S/C9H12N2O2/c1-3-4-5-11-7(2)6-10-8(11)9(12)13/h3-4,6H,5H2,1-2H3,(H,12,13). The van der Waals surface area contributed by atoms with Crippen LogP contribution in [0.2, 0.25) is 0 Å². The van der Waals surface area contributed by atoms with E-state index in [9.17, 15) is 4.79 Å². The van der Waals surface area contributed by atoms with E-state index >= 15 is 0 Å². The first kappa shape index (κ1) is 9.51. The van der Waals surface area contributed by atoms with Crippen LogP contribution in [0.5, 0.6) is 0 Å². The fourth-order valence-electron chi connectivity index (χ4n) is 1.07. The lowest BCUT2D eigenvalue weighted by molar-refractivity contribution is 0.0678. The molecular formula is C9H12N2O2. The van der Waals surface area contributed by atoms with Crippen molar-refractivity contribution in [2.45, 2.75) is 20.4 Å². The summed E-state index contributed by atoms with van der Waals surface area (Å²) in [4.78, 5) is 14.5. The highest BCUT2D eigenvalue weighted by Gasteiger charge is 2.11. The molecule has 0 saturated heterocycles. The largest absolute Gasteiger partial charge is 0.475 e. The van der Waals surface area contributed by atoms with Gasteiger partial charge in [0.05, 0.1) is 0 Å². The molecule has 13 heavy (non-hydrogen) atoms. The van der Waals surface area contributed by atoms with Gasteiger partial charge in [0, 0.05) is 18.4 Å². The van der Waals surface area contributed by atoms with Crippen LogP contribution in [0.3, 0.4) is 0 Å². The Morgan fingerprint density at radius 1 is 1.77 bits per heavy atom. The summed E-state index contributed by atoms with van der Waals surface area (Å²) in [6, 6.07) is 0. The summed E-state index contributed by atoms with van der Waals surface area (Å²) < 4.78 is 1.66. The maximum Gasteiger partial charge on any atom is 0.372 e. The molecule has 1 N–H and O–H groups in total. The van der Waals surface area contributed by atoms with Crippen LogP contribution in [-0.2, 0) is 6.54 Å². The molecule has 0 radical (unpaired) electrons. The van der Waals surface area contributed by atoms with Crippen molar-refractivity contribution in [3.63, 3.8) is 0 Å². The minimum absolute atomic E-state index is 0.0931. The number of allylic oxidation sites excluding steroid dienone is 2. The van der Waals surface area contributed by atoms with Gasteiger partial charge in [-0.3, -0.25) is 0 Å². The molecule has 0 aliphatic carbocycles. The minimum atomic E-state index is -0.988. The van der Waals surface area contributed by atoms with Crippen LogP contribution in [0, 0.1) is 6.92 Å². The number of nitrogens with zero attached hydrogens (tertiary/aromatic N) is 2. The molecule has 1 aromatic heterocycles. The predicted octanol–water partition coefficient (Wildman–Crippen LogP) is 1.47. The number of aromatic nitrogens is 2. The lowest BCUT2D eigenvalue weighted by atomic mass is 10.4. The van der Waals surface area contributed by atoms with Gasteiger partial charge in [-0.25, -0.2) is 9.78 Å². The number of hydrogen-bond donors (Lipinski definition) is 1. The first-order chi connectivity index (χ1) is 6.16. The van der Waals surface area contributed by atoms with Crippen LogP contribution in [0.4, 0.5) is 0 Å². The second-order valence-electron chi connectivity index (χ2n) is 2.71. The predicted molar refractivity (Wildman–Crippen MR) is 48.7 cm³/mol. The monoisotopic (exact) mass is 180 g/mol. The number of imidazole rings is 1. The number of hydrogen-bond acceptors (Lipinski definition) is 2. The lowest BCUT2D eigenvalue weighted by Gasteiger charge is -2.02. The van der Waals surface area contributed by atoms with Gasteiger partial charge in [0.25, 0.3) is 0 Å². The molecule has 0 aliphatic rings. The average molecular weight is 180 g/mol. The zero-order chi connectivity index (χ0) is 9.84. The number of carboxylic acid groups (broad SMARTS) is 1. The van der Waals surface area contributed by atoms with Gasteiger partial charge < -0.3 is 9.67 Å². The SMILES string of the molecule is CC=CCn1c(C)cnc1C(=O)O. The van der Waals surface area contributed by atoms with E-state index in [1.165, 1.54) is 0 Å². The Morgan fingerprint density at radius 3 is 3.00 bits per heavy atom. The molecule has 0 bridgehead atoms.